The molecule has 0 spiro atoms. The van der Waals surface area contributed by atoms with E-state index in [0.717, 1.165) is 24.1 Å². The van der Waals surface area contributed by atoms with Gasteiger partial charge in [0.05, 0.1) is 11.7 Å². The Hall–Kier alpha value is -3.84. The van der Waals surface area contributed by atoms with Crippen LogP contribution >= 0.6 is 11.3 Å². The van der Waals surface area contributed by atoms with Crippen LogP contribution < -0.4 is 10.6 Å². The summed E-state index contributed by atoms with van der Waals surface area (Å²) in [6.45, 7) is 12.5. The molecule has 0 unspecified atom stereocenters. The van der Waals surface area contributed by atoms with Crippen molar-refractivity contribution in [1.82, 2.24) is 25.1 Å². The monoisotopic (exact) mass is 612 g/mol. The third-order valence-corrected chi connectivity index (χ3v) is 7.11. The molecule has 0 saturated carbocycles. The number of ether oxygens (including phenoxy) is 3. The number of esters is 1. The maximum atomic E-state index is 13.3. The van der Waals surface area contributed by atoms with E-state index >= 15 is 0 Å². The van der Waals surface area contributed by atoms with Crippen molar-refractivity contribution < 1.29 is 28.6 Å². The highest BCUT2D eigenvalue weighted by Crippen LogP contribution is 2.28. The van der Waals surface area contributed by atoms with Crippen LogP contribution in [0.2, 0.25) is 0 Å². The summed E-state index contributed by atoms with van der Waals surface area (Å²) in [5, 5.41) is 12.4. The van der Waals surface area contributed by atoms with Crippen molar-refractivity contribution in [3.8, 4) is 10.6 Å². The summed E-state index contributed by atoms with van der Waals surface area (Å²) >= 11 is 1.33. The van der Waals surface area contributed by atoms with Crippen molar-refractivity contribution in [1.29, 1.82) is 0 Å². The van der Waals surface area contributed by atoms with Crippen molar-refractivity contribution in [2.75, 3.05) is 25.1 Å². The number of nitrogens with zero attached hydrogens (tertiary/aromatic N) is 4. The number of hydrogen-bond donors (Lipinski definition) is 2. The first kappa shape index (κ1) is 32.1. The van der Waals surface area contributed by atoms with Crippen LogP contribution in [0, 0.1) is 0 Å². The predicted octanol–water partition coefficient (Wildman–Crippen LogP) is 5.42. The van der Waals surface area contributed by atoms with Crippen molar-refractivity contribution in [2.24, 2.45) is 0 Å². The summed E-state index contributed by atoms with van der Waals surface area (Å²) in [4.78, 5) is 47.0. The van der Waals surface area contributed by atoms with E-state index in [4.69, 9.17) is 14.2 Å². The first-order valence-electron chi connectivity index (χ1n) is 14.4. The summed E-state index contributed by atoms with van der Waals surface area (Å²) in [5.41, 5.74) is 0.938. The van der Waals surface area contributed by atoms with Crippen LogP contribution in [-0.2, 0) is 20.6 Å². The van der Waals surface area contributed by atoms with Gasteiger partial charge in [0.2, 0.25) is 0 Å². The maximum Gasteiger partial charge on any atom is 0.407 e. The summed E-state index contributed by atoms with van der Waals surface area (Å²) in [7, 11) is 0. The molecule has 2 N–H and O–H groups in total. The third-order valence-electron chi connectivity index (χ3n) is 6.22. The minimum Gasteiger partial charge on any atom is -0.455 e. The molecule has 1 saturated heterocycles. The van der Waals surface area contributed by atoms with Crippen molar-refractivity contribution in [3.05, 3.63) is 47.0 Å². The quantitative estimate of drug-likeness (QED) is 0.239. The van der Waals surface area contributed by atoms with Crippen LogP contribution in [-0.4, -0.2) is 68.7 Å². The van der Waals surface area contributed by atoms with Gasteiger partial charge in [-0.25, -0.2) is 14.6 Å². The van der Waals surface area contributed by atoms with Gasteiger partial charge in [-0.3, -0.25) is 14.5 Å². The number of aromatic nitrogens is 4. The lowest BCUT2D eigenvalue weighted by atomic mass is 10.1. The summed E-state index contributed by atoms with van der Waals surface area (Å²) in [6.07, 6.45) is 5.77. The molecule has 0 radical (unpaired) electrons. The number of carbonyl (C=O) groups excluding carboxylic acids is 3. The van der Waals surface area contributed by atoms with Gasteiger partial charge in [0, 0.05) is 48.8 Å². The molecular weight excluding hydrogens is 572 g/mol. The molecule has 4 rings (SSSR count). The average Bonchev–Trinajstić information content (AvgIpc) is 3.58. The van der Waals surface area contributed by atoms with Gasteiger partial charge in [0.25, 0.3) is 5.91 Å². The first-order chi connectivity index (χ1) is 20.3. The fourth-order valence-electron chi connectivity index (χ4n) is 4.32. The van der Waals surface area contributed by atoms with Gasteiger partial charge >= 0.3 is 12.1 Å². The molecule has 1 fully saturated rings. The number of carbonyl (C=O) groups is 3. The Bertz CT molecular complexity index is 1430. The summed E-state index contributed by atoms with van der Waals surface area (Å²) in [5.74, 6) is -1.07. The highest BCUT2D eigenvalue weighted by molar-refractivity contribution is 7.13. The normalized spacial score (nSPS) is 14.3. The molecule has 0 bridgehead atoms. The van der Waals surface area contributed by atoms with Gasteiger partial charge in [-0.1, -0.05) is 0 Å². The molecular formula is C30H40N6O6S. The second-order valence-corrected chi connectivity index (χ2v) is 13.1. The fourth-order valence-corrected chi connectivity index (χ4v) is 5.11. The van der Waals surface area contributed by atoms with Crippen LogP contribution in [0.25, 0.3) is 10.6 Å². The Morgan fingerprint density at radius 3 is 2.51 bits per heavy atom. The lowest BCUT2D eigenvalue weighted by Crippen LogP contribution is -2.33. The van der Waals surface area contributed by atoms with Gasteiger partial charge < -0.3 is 24.8 Å². The second kappa shape index (κ2) is 13.6. The molecule has 12 nitrogen and oxygen atoms in total. The third kappa shape index (κ3) is 9.58. The predicted molar refractivity (Wildman–Crippen MR) is 162 cm³/mol. The van der Waals surface area contributed by atoms with E-state index in [1.54, 1.807) is 43.2 Å². The van der Waals surface area contributed by atoms with Gasteiger partial charge in [-0.05, 0) is 79.4 Å². The second-order valence-electron chi connectivity index (χ2n) is 12.3. The number of hydrogen-bond acceptors (Lipinski definition) is 10. The fraction of sp³-hybridized carbons (Fsp3) is 0.533. The van der Waals surface area contributed by atoms with Crippen molar-refractivity contribution in [3.63, 3.8) is 0 Å². The lowest BCUT2D eigenvalue weighted by Gasteiger charge is -2.22. The minimum atomic E-state index is -0.720. The molecule has 43 heavy (non-hydrogen) atoms. The van der Waals surface area contributed by atoms with E-state index in [-0.39, 0.29) is 23.1 Å². The SMILES string of the molecule is CC(C)(C)OC(=O)NCCCc1cc(-c2nc(C(=O)Nc3cn(C4CCOCC4)nc3C(=O)OC(C)(C)C)cs2)ccn1. The Morgan fingerprint density at radius 2 is 1.81 bits per heavy atom. The van der Waals surface area contributed by atoms with Crippen LogP contribution in [0.1, 0.15) is 93.5 Å². The van der Waals surface area contributed by atoms with E-state index in [9.17, 15) is 14.4 Å². The van der Waals surface area contributed by atoms with Gasteiger partial charge in [-0.2, -0.15) is 5.10 Å². The molecule has 0 aromatic carbocycles. The topological polar surface area (TPSA) is 147 Å². The average molecular weight is 613 g/mol. The van der Waals surface area contributed by atoms with E-state index in [2.05, 4.69) is 25.7 Å². The highest BCUT2D eigenvalue weighted by atomic mass is 32.1. The van der Waals surface area contributed by atoms with E-state index < -0.39 is 29.2 Å². The zero-order valence-corrected chi connectivity index (χ0v) is 26.4. The van der Waals surface area contributed by atoms with Crippen LogP contribution in [0.4, 0.5) is 10.5 Å². The molecule has 4 heterocycles. The zero-order chi connectivity index (χ0) is 31.2. The Balaban J connectivity index is 1.42. The molecule has 3 aromatic heterocycles. The number of nitrogens with one attached hydrogen (secondary N) is 2. The molecule has 1 aliphatic heterocycles. The standard InChI is InChI=1S/C30H40N6O6S/c1-29(2,3)41-27(38)24-22(17-36(35-24)21-10-14-40-15-11-21)33-25(37)23-18-43-26(34-23)19-9-13-31-20(16-19)8-7-12-32-28(39)42-30(4,5)6/h9,13,16-18,21H,7-8,10-12,14-15H2,1-6H3,(H,32,39)(H,33,37). The minimum absolute atomic E-state index is 0.0464. The maximum absolute atomic E-state index is 13.3. The number of anilines is 1. The molecule has 0 aliphatic carbocycles. The first-order valence-corrected chi connectivity index (χ1v) is 15.2. The summed E-state index contributed by atoms with van der Waals surface area (Å²) < 4.78 is 18.0. The van der Waals surface area contributed by atoms with Crippen LogP contribution in [0.5, 0.6) is 0 Å². The van der Waals surface area contributed by atoms with E-state index in [0.29, 0.717) is 37.6 Å². The Kier molecular flexibility index (Phi) is 10.2. The Morgan fingerprint density at radius 1 is 1.09 bits per heavy atom. The molecule has 2 amide bonds. The van der Waals surface area contributed by atoms with E-state index in [1.165, 1.54) is 11.3 Å². The largest absolute Gasteiger partial charge is 0.455 e. The molecule has 13 heteroatoms. The van der Waals surface area contributed by atoms with Gasteiger partial charge in [0.15, 0.2) is 5.69 Å². The molecule has 1 aliphatic rings. The van der Waals surface area contributed by atoms with Gasteiger partial charge in [-0.15, -0.1) is 11.3 Å². The van der Waals surface area contributed by atoms with Crippen LogP contribution in [0.3, 0.4) is 0 Å². The number of pyridine rings is 1. The number of aryl methyl sites for hydroxylation is 1. The smallest absolute Gasteiger partial charge is 0.407 e. The lowest BCUT2D eigenvalue weighted by molar-refractivity contribution is 0.00616. The van der Waals surface area contributed by atoms with Crippen LogP contribution in [0.15, 0.2) is 29.9 Å². The Labute approximate surface area is 255 Å². The van der Waals surface area contributed by atoms with Crippen molar-refractivity contribution >= 4 is 35.0 Å². The van der Waals surface area contributed by atoms with Crippen molar-refractivity contribution in [2.45, 2.75) is 84.5 Å². The number of alkyl carbamates (subject to hydrolysis) is 1. The number of thiazole rings is 1. The van der Waals surface area contributed by atoms with E-state index in [1.807, 2.05) is 32.9 Å². The molecule has 0 atom stereocenters. The highest BCUT2D eigenvalue weighted by Gasteiger charge is 2.28. The summed E-state index contributed by atoms with van der Waals surface area (Å²) in [6, 6.07) is 3.81. The molecule has 3 aromatic rings. The number of amides is 2. The van der Waals surface area contributed by atoms with Gasteiger partial charge in [0.1, 0.15) is 21.9 Å². The molecule has 232 valence electrons. The zero-order valence-electron chi connectivity index (χ0n) is 25.6. The number of rotatable bonds is 9.